The molecule has 0 atom stereocenters. The quantitative estimate of drug-likeness (QED) is 0.935. The van der Waals surface area contributed by atoms with E-state index in [4.69, 9.17) is 4.74 Å². The van der Waals surface area contributed by atoms with Gasteiger partial charge in [0, 0.05) is 31.6 Å². The lowest BCUT2D eigenvalue weighted by Crippen LogP contribution is -2.39. The molecule has 0 aliphatic heterocycles. The fourth-order valence-electron chi connectivity index (χ4n) is 2.34. The monoisotopic (exact) mass is 329 g/mol. The number of aromatic nitrogens is 1. The van der Waals surface area contributed by atoms with Crippen molar-refractivity contribution in [2.45, 2.75) is 33.3 Å². The van der Waals surface area contributed by atoms with Gasteiger partial charge in [-0.2, -0.15) is 0 Å². The maximum atomic E-state index is 12.0. The van der Waals surface area contributed by atoms with Gasteiger partial charge in [-0.1, -0.05) is 18.2 Å². The van der Waals surface area contributed by atoms with E-state index < -0.39 is 11.7 Å². The van der Waals surface area contributed by atoms with E-state index in [1.165, 1.54) is 6.92 Å². The number of rotatable bonds is 4. The second-order valence-corrected chi connectivity index (χ2v) is 6.45. The number of carbonyl (C=O) groups is 2. The summed E-state index contributed by atoms with van der Waals surface area (Å²) in [6.45, 7) is 7.53. The Bertz CT molecular complexity index is 732. The van der Waals surface area contributed by atoms with Crippen molar-refractivity contribution < 1.29 is 14.3 Å². The van der Waals surface area contributed by atoms with Crippen molar-refractivity contribution in [2.24, 2.45) is 0 Å². The van der Waals surface area contributed by atoms with Crippen LogP contribution in [0.3, 0.4) is 0 Å². The third-order valence-electron chi connectivity index (χ3n) is 3.29. The second-order valence-electron chi connectivity index (χ2n) is 6.45. The van der Waals surface area contributed by atoms with E-state index in [0.717, 1.165) is 16.6 Å². The second kappa shape index (κ2) is 7.29. The number of hydrogen-bond donors (Lipinski definition) is 1. The molecule has 0 aliphatic rings. The Kier molecular flexibility index (Phi) is 5.39. The van der Waals surface area contributed by atoms with Crippen LogP contribution in [0, 0.1) is 0 Å². The van der Waals surface area contributed by atoms with E-state index in [9.17, 15) is 9.59 Å². The predicted octanol–water partition coefficient (Wildman–Crippen LogP) is 3.11. The summed E-state index contributed by atoms with van der Waals surface area (Å²) in [5.74, 6) is -0.112. The van der Waals surface area contributed by atoms with Crippen molar-refractivity contribution in [3.05, 3.63) is 36.5 Å². The van der Waals surface area contributed by atoms with Crippen molar-refractivity contribution in [3.8, 4) is 0 Å². The minimum absolute atomic E-state index is 0.112. The maximum absolute atomic E-state index is 12.0. The highest BCUT2D eigenvalue weighted by Gasteiger charge is 2.18. The summed E-state index contributed by atoms with van der Waals surface area (Å²) >= 11 is 0. The number of alkyl carbamates (subject to hydrolysis) is 1. The largest absolute Gasteiger partial charge is 0.444 e. The average molecular weight is 329 g/mol. The number of para-hydroxylation sites is 1. The van der Waals surface area contributed by atoms with Crippen LogP contribution < -0.4 is 10.2 Å². The molecule has 1 heterocycles. The smallest absolute Gasteiger partial charge is 0.407 e. The average Bonchev–Trinajstić information content (AvgIpc) is 2.49. The van der Waals surface area contributed by atoms with Crippen molar-refractivity contribution in [1.29, 1.82) is 0 Å². The first kappa shape index (κ1) is 17.7. The summed E-state index contributed by atoms with van der Waals surface area (Å²) in [5, 5.41) is 3.63. The summed E-state index contributed by atoms with van der Waals surface area (Å²) < 4.78 is 5.19. The molecule has 6 nitrogen and oxygen atoms in total. The SMILES string of the molecule is CC(=O)N(CCNC(=O)OC(C)(C)C)c1cccc2cccnc12. The van der Waals surface area contributed by atoms with E-state index in [1.54, 1.807) is 31.9 Å². The van der Waals surface area contributed by atoms with Crippen molar-refractivity contribution in [1.82, 2.24) is 10.3 Å². The van der Waals surface area contributed by atoms with E-state index in [1.807, 2.05) is 30.3 Å². The molecule has 0 aliphatic carbocycles. The molecule has 2 rings (SSSR count). The van der Waals surface area contributed by atoms with Gasteiger partial charge in [-0.15, -0.1) is 0 Å². The van der Waals surface area contributed by atoms with E-state index in [2.05, 4.69) is 10.3 Å². The van der Waals surface area contributed by atoms with E-state index >= 15 is 0 Å². The van der Waals surface area contributed by atoms with Crippen LogP contribution in [0.1, 0.15) is 27.7 Å². The molecule has 2 aromatic rings. The number of anilines is 1. The summed E-state index contributed by atoms with van der Waals surface area (Å²) in [7, 11) is 0. The number of nitrogens with one attached hydrogen (secondary N) is 1. The summed E-state index contributed by atoms with van der Waals surface area (Å²) in [6.07, 6.45) is 1.20. The molecule has 0 unspecified atom stereocenters. The Balaban J connectivity index is 2.10. The van der Waals surface area contributed by atoms with Crippen LogP contribution in [0.4, 0.5) is 10.5 Å². The Morgan fingerprint density at radius 1 is 1.21 bits per heavy atom. The lowest BCUT2D eigenvalue weighted by Gasteiger charge is -2.23. The van der Waals surface area contributed by atoms with Crippen molar-refractivity contribution in [3.63, 3.8) is 0 Å². The van der Waals surface area contributed by atoms with Gasteiger partial charge in [0.05, 0.1) is 11.2 Å². The Hall–Kier alpha value is -2.63. The van der Waals surface area contributed by atoms with Gasteiger partial charge in [-0.25, -0.2) is 4.79 Å². The van der Waals surface area contributed by atoms with Crippen LogP contribution in [0.15, 0.2) is 36.5 Å². The van der Waals surface area contributed by atoms with Crippen molar-refractivity contribution >= 4 is 28.6 Å². The number of ether oxygens (including phenoxy) is 1. The lowest BCUT2D eigenvalue weighted by atomic mass is 10.1. The molecule has 6 heteroatoms. The van der Waals surface area contributed by atoms with Gasteiger partial charge in [-0.05, 0) is 32.9 Å². The number of pyridine rings is 1. The number of amides is 2. The van der Waals surface area contributed by atoms with Gasteiger partial charge in [0.15, 0.2) is 0 Å². The Morgan fingerprint density at radius 2 is 1.92 bits per heavy atom. The molecule has 0 saturated heterocycles. The lowest BCUT2D eigenvalue weighted by molar-refractivity contribution is -0.116. The summed E-state index contributed by atoms with van der Waals surface area (Å²) in [4.78, 5) is 29.7. The molecule has 0 spiro atoms. The van der Waals surface area contributed by atoms with Gasteiger partial charge in [-0.3, -0.25) is 9.78 Å². The molecule has 1 aromatic heterocycles. The topological polar surface area (TPSA) is 71.5 Å². The molecule has 0 radical (unpaired) electrons. The molecule has 2 amide bonds. The third-order valence-corrected chi connectivity index (χ3v) is 3.29. The number of nitrogens with zero attached hydrogens (tertiary/aromatic N) is 2. The minimum atomic E-state index is -0.552. The normalized spacial score (nSPS) is 11.2. The highest BCUT2D eigenvalue weighted by molar-refractivity contribution is 6.01. The molecule has 0 saturated carbocycles. The molecular formula is C18H23N3O3. The van der Waals surface area contributed by atoms with Crippen LogP contribution in [0.5, 0.6) is 0 Å². The first-order valence-corrected chi connectivity index (χ1v) is 7.86. The third kappa shape index (κ3) is 4.68. The van der Waals surface area contributed by atoms with Crippen LogP contribution in [-0.2, 0) is 9.53 Å². The zero-order valence-electron chi connectivity index (χ0n) is 14.5. The van der Waals surface area contributed by atoms with Gasteiger partial charge in [0.25, 0.3) is 0 Å². The Morgan fingerprint density at radius 3 is 2.58 bits per heavy atom. The highest BCUT2D eigenvalue weighted by Crippen LogP contribution is 2.24. The van der Waals surface area contributed by atoms with Gasteiger partial charge in [0.2, 0.25) is 5.91 Å². The standard InChI is InChI=1S/C18H23N3O3/c1-13(22)21(12-11-20-17(23)24-18(2,3)4)15-9-5-7-14-8-6-10-19-16(14)15/h5-10H,11-12H2,1-4H3,(H,20,23). The number of fused-ring (bicyclic) bond motifs is 1. The molecule has 24 heavy (non-hydrogen) atoms. The zero-order chi connectivity index (χ0) is 17.7. The van der Waals surface area contributed by atoms with Crippen LogP contribution in [-0.4, -0.2) is 35.7 Å². The van der Waals surface area contributed by atoms with Crippen LogP contribution in [0.2, 0.25) is 0 Å². The molecule has 128 valence electrons. The molecular weight excluding hydrogens is 306 g/mol. The first-order valence-electron chi connectivity index (χ1n) is 7.86. The number of benzene rings is 1. The van der Waals surface area contributed by atoms with Crippen LogP contribution in [0.25, 0.3) is 10.9 Å². The fraction of sp³-hybridized carbons (Fsp3) is 0.389. The number of hydrogen-bond acceptors (Lipinski definition) is 4. The van der Waals surface area contributed by atoms with E-state index in [0.29, 0.717) is 6.54 Å². The van der Waals surface area contributed by atoms with Gasteiger partial charge < -0.3 is 15.0 Å². The molecule has 0 bridgehead atoms. The fourth-order valence-corrected chi connectivity index (χ4v) is 2.34. The van der Waals surface area contributed by atoms with E-state index in [-0.39, 0.29) is 12.5 Å². The van der Waals surface area contributed by atoms with Crippen molar-refractivity contribution in [2.75, 3.05) is 18.0 Å². The van der Waals surface area contributed by atoms with Gasteiger partial charge in [0.1, 0.15) is 5.60 Å². The molecule has 1 N–H and O–H groups in total. The summed E-state index contributed by atoms with van der Waals surface area (Å²) in [5.41, 5.74) is 0.934. The predicted molar refractivity (Wildman–Crippen MR) is 94.0 cm³/mol. The molecule has 0 fully saturated rings. The van der Waals surface area contributed by atoms with Crippen LogP contribution >= 0.6 is 0 Å². The first-order chi connectivity index (χ1) is 11.3. The maximum Gasteiger partial charge on any atom is 0.407 e. The summed E-state index contributed by atoms with van der Waals surface area (Å²) in [6, 6.07) is 9.49. The zero-order valence-corrected chi connectivity index (χ0v) is 14.5. The highest BCUT2D eigenvalue weighted by atomic mass is 16.6. The molecule has 1 aromatic carbocycles. The Labute approximate surface area is 141 Å². The number of carbonyl (C=O) groups excluding carboxylic acids is 2. The van der Waals surface area contributed by atoms with Gasteiger partial charge >= 0.3 is 6.09 Å². The minimum Gasteiger partial charge on any atom is -0.444 e.